The normalized spacial score (nSPS) is 22.6. The van der Waals surface area contributed by atoms with Crippen LogP contribution in [0, 0.1) is 12.8 Å². The van der Waals surface area contributed by atoms with E-state index in [-0.39, 0.29) is 23.3 Å². The molecule has 0 aliphatic carbocycles. The lowest BCUT2D eigenvalue weighted by molar-refractivity contribution is -0.121. The van der Waals surface area contributed by atoms with Gasteiger partial charge in [-0.25, -0.2) is 4.79 Å². The van der Waals surface area contributed by atoms with Gasteiger partial charge in [0.2, 0.25) is 5.91 Å². The summed E-state index contributed by atoms with van der Waals surface area (Å²) in [6.07, 6.45) is 2.43. The third-order valence-corrected chi connectivity index (χ3v) is 5.62. The van der Waals surface area contributed by atoms with E-state index in [9.17, 15) is 9.59 Å². The summed E-state index contributed by atoms with van der Waals surface area (Å²) in [5, 5.41) is 3.10. The number of rotatable bonds is 4. The van der Waals surface area contributed by atoms with Crippen molar-refractivity contribution in [2.24, 2.45) is 11.7 Å². The van der Waals surface area contributed by atoms with Gasteiger partial charge in [-0.1, -0.05) is 24.3 Å². The summed E-state index contributed by atoms with van der Waals surface area (Å²) in [4.78, 5) is 25.5. The number of nitrogens with two attached hydrogens (primary N) is 1. The predicted octanol–water partition coefficient (Wildman–Crippen LogP) is 1.56. The lowest BCUT2D eigenvalue weighted by Crippen LogP contribution is -2.48. The van der Waals surface area contributed by atoms with Gasteiger partial charge in [-0.3, -0.25) is 4.79 Å². The summed E-state index contributed by atoms with van der Waals surface area (Å²) in [6.45, 7) is 5.11. The summed E-state index contributed by atoms with van der Waals surface area (Å²) < 4.78 is 5.56. The Morgan fingerprint density at radius 2 is 2.04 bits per heavy atom. The Morgan fingerprint density at radius 1 is 1.32 bits per heavy atom. The topological polar surface area (TPSA) is 84.7 Å². The number of urea groups is 1. The van der Waals surface area contributed by atoms with Crippen LogP contribution in [0.2, 0.25) is 0 Å². The second-order valence-electron chi connectivity index (χ2n) is 7.20. The van der Waals surface area contributed by atoms with E-state index in [2.05, 4.69) is 30.4 Å². The molecule has 3 amide bonds. The van der Waals surface area contributed by atoms with Crippen molar-refractivity contribution in [2.45, 2.75) is 31.6 Å². The molecule has 0 spiro atoms. The second-order valence-corrected chi connectivity index (χ2v) is 7.20. The van der Waals surface area contributed by atoms with Crippen LogP contribution in [-0.2, 0) is 14.9 Å². The highest BCUT2D eigenvalue weighted by molar-refractivity contribution is 5.80. The highest BCUT2D eigenvalue weighted by atomic mass is 16.5. The van der Waals surface area contributed by atoms with Crippen LogP contribution in [0.5, 0.6) is 0 Å². The average Bonchev–Trinajstić information content (AvgIpc) is 3.11. The molecule has 1 aromatic carbocycles. The highest BCUT2D eigenvalue weighted by Crippen LogP contribution is 2.36. The van der Waals surface area contributed by atoms with Gasteiger partial charge in [0.25, 0.3) is 0 Å². The summed E-state index contributed by atoms with van der Waals surface area (Å²) in [5.74, 6) is -0.546. The first kappa shape index (κ1) is 17.7. The van der Waals surface area contributed by atoms with E-state index in [0.29, 0.717) is 39.3 Å². The molecule has 2 aliphatic heterocycles. The number of nitrogens with one attached hydrogen (secondary N) is 1. The zero-order valence-electron chi connectivity index (χ0n) is 14.8. The van der Waals surface area contributed by atoms with Gasteiger partial charge in [-0.15, -0.1) is 0 Å². The van der Waals surface area contributed by atoms with Gasteiger partial charge in [0.15, 0.2) is 0 Å². The van der Waals surface area contributed by atoms with Crippen molar-refractivity contribution < 1.29 is 14.3 Å². The third kappa shape index (κ3) is 3.79. The maximum Gasteiger partial charge on any atom is 0.317 e. The number of aryl methyl sites for hydroxylation is 1. The van der Waals surface area contributed by atoms with Crippen molar-refractivity contribution in [3.05, 3.63) is 35.4 Å². The first-order valence-corrected chi connectivity index (χ1v) is 8.98. The minimum absolute atomic E-state index is 0.0952. The fourth-order valence-corrected chi connectivity index (χ4v) is 4.00. The zero-order chi connectivity index (χ0) is 17.9. The monoisotopic (exact) mass is 345 g/mol. The molecule has 6 nitrogen and oxygen atoms in total. The molecule has 2 saturated heterocycles. The minimum Gasteiger partial charge on any atom is -0.381 e. The molecule has 0 unspecified atom stereocenters. The van der Waals surface area contributed by atoms with Gasteiger partial charge in [-0.05, 0) is 37.3 Å². The molecular formula is C19H27N3O3. The van der Waals surface area contributed by atoms with E-state index in [0.717, 1.165) is 12.8 Å². The summed E-state index contributed by atoms with van der Waals surface area (Å²) >= 11 is 0. The summed E-state index contributed by atoms with van der Waals surface area (Å²) in [7, 11) is 0. The second kappa shape index (κ2) is 7.44. The van der Waals surface area contributed by atoms with Crippen LogP contribution in [0.4, 0.5) is 4.79 Å². The summed E-state index contributed by atoms with van der Waals surface area (Å²) in [6, 6.07) is 8.26. The van der Waals surface area contributed by atoms with Crippen molar-refractivity contribution >= 4 is 11.9 Å². The smallest absolute Gasteiger partial charge is 0.317 e. The number of carbonyl (C=O) groups is 2. The lowest BCUT2D eigenvalue weighted by Gasteiger charge is -2.39. The van der Waals surface area contributed by atoms with E-state index in [4.69, 9.17) is 10.5 Å². The Labute approximate surface area is 148 Å². The Hall–Kier alpha value is -2.08. The predicted molar refractivity (Wildman–Crippen MR) is 95.2 cm³/mol. The number of nitrogens with zero attached hydrogens (tertiary/aromatic N) is 1. The van der Waals surface area contributed by atoms with Crippen molar-refractivity contribution in [1.82, 2.24) is 10.2 Å². The molecule has 3 N–H and O–H groups in total. The third-order valence-electron chi connectivity index (χ3n) is 5.62. The first-order chi connectivity index (χ1) is 12.0. The van der Waals surface area contributed by atoms with Crippen molar-refractivity contribution in [1.29, 1.82) is 0 Å². The standard InChI is InChI=1S/C19H27N3O3/c1-14-4-2-3-5-16(14)19(7-10-25-11-8-19)13-21-18(24)22-9-6-15(12-22)17(20)23/h2-5,15H,6-13H2,1H3,(H2,20,23)(H,21,24)/t15-/m0/s1. The molecule has 0 bridgehead atoms. The number of likely N-dealkylation sites (tertiary alicyclic amines) is 1. The van der Waals surface area contributed by atoms with Crippen LogP contribution < -0.4 is 11.1 Å². The van der Waals surface area contributed by atoms with E-state index in [1.54, 1.807) is 4.90 Å². The molecular weight excluding hydrogens is 318 g/mol. The van der Waals surface area contributed by atoms with Crippen LogP contribution >= 0.6 is 0 Å². The summed E-state index contributed by atoms with van der Waals surface area (Å²) in [5.41, 5.74) is 7.79. The SMILES string of the molecule is Cc1ccccc1C1(CNC(=O)N2CC[C@H](C(N)=O)C2)CCOCC1. The number of primary amides is 1. The number of benzene rings is 1. The van der Waals surface area contributed by atoms with Gasteiger partial charge < -0.3 is 20.7 Å². The zero-order valence-corrected chi connectivity index (χ0v) is 14.8. The Bertz CT molecular complexity index is 641. The average molecular weight is 345 g/mol. The molecule has 2 fully saturated rings. The Morgan fingerprint density at radius 3 is 2.68 bits per heavy atom. The number of amides is 3. The highest BCUT2D eigenvalue weighted by Gasteiger charge is 2.37. The number of hydrogen-bond acceptors (Lipinski definition) is 3. The van der Waals surface area contributed by atoms with Crippen molar-refractivity contribution in [3.63, 3.8) is 0 Å². The van der Waals surface area contributed by atoms with Crippen molar-refractivity contribution in [2.75, 3.05) is 32.8 Å². The van der Waals surface area contributed by atoms with Gasteiger partial charge in [0.1, 0.15) is 0 Å². The van der Waals surface area contributed by atoms with Crippen molar-refractivity contribution in [3.8, 4) is 0 Å². The van der Waals surface area contributed by atoms with Gasteiger partial charge in [0.05, 0.1) is 5.92 Å². The molecule has 25 heavy (non-hydrogen) atoms. The minimum atomic E-state index is -0.323. The van der Waals surface area contributed by atoms with E-state index >= 15 is 0 Å². The maximum absolute atomic E-state index is 12.5. The van der Waals surface area contributed by atoms with Gasteiger partial charge in [0, 0.05) is 38.3 Å². The van der Waals surface area contributed by atoms with Crippen LogP contribution in [0.15, 0.2) is 24.3 Å². The Kier molecular flexibility index (Phi) is 5.27. The van der Waals surface area contributed by atoms with Gasteiger partial charge in [-0.2, -0.15) is 0 Å². The van der Waals surface area contributed by atoms with E-state index in [1.807, 2.05) is 6.07 Å². The van der Waals surface area contributed by atoms with Gasteiger partial charge >= 0.3 is 6.03 Å². The fourth-order valence-electron chi connectivity index (χ4n) is 4.00. The molecule has 1 aromatic rings. The molecule has 6 heteroatoms. The molecule has 1 atom stereocenters. The molecule has 0 radical (unpaired) electrons. The van der Waals surface area contributed by atoms with E-state index in [1.165, 1.54) is 11.1 Å². The number of ether oxygens (including phenoxy) is 1. The number of hydrogen-bond donors (Lipinski definition) is 2. The number of carbonyl (C=O) groups excluding carboxylic acids is 2. The van der Waals surface area contributed by atoms with Crippen LogP contribution in [0.1, 0.15) is 30.4 Å². The Balaban J connectivity index is 1.69. The van der Waals surface area contributed by atoms with Crippen LogP contribution in [0.25, 0.3) is 0 Å². The molecule has 2 heterocycles. The molecule has 136 valence electrons. The molecule has 0 saturated carbocycles. The van der Waals surface area contributed by atoms with E-state index < -0.39 is 0 Å². The quantitative estimate of drug-likeness (QED) is 0.868. The first-order valence-electron chi connectivity index (χ1n) is 8.98. The maximum atomic E-state index is 12.5. The largest absolute Gasteiger partial charge is 0.381 e. The molecule has 2 aliphatic rings. The van der Waals surface area contributed by atoms with Crippen LogP contribution in [-0.4, -0.2) is 49.7 Å². The molecule has 3 rings (SSSR count). The van der Waals surface area contributed by atoms with Crippen LogP contribution in [0.3, 0.4) is 0 Å². The lowest BCUT2D eigenvalue weighted by atomic mass is 9.72. The molecule has 0 aromatic heterocycles. The fraction of sp³-hybridized carbons (Fsp3) is 0.579.